The monoisotopic (exact) mass is 265 g/mol. The molecule has 1 aliphatic rings. The first kappa shape index (κ1) is 13.8. The Morgan fingerprint density at radius 3 is 2.89 bits per heavy atom. The Hall–Kier alpha value is -1.66. The Labute approximate surface area is 112 Å². The molecule has 1 fully saturated rings. The number of nitrogens with zero attached hydrogens (tertiary/aromatic N) is 3. The van der Waals surface area contributed by atoms with Gasteiger partial charge in [-0.3, -0.25) is 9.69 Å². The molecule has 0 spiro atoms. The van der Waals surface area contributed by atoms with E-state index in [4.69, 9.17) is 5.11 Å². The van der Waals surface area contributed by atoms with Crippen LogP contribution in [0.15, 0.2) is 18.3 Å². The topological polar surface area (TPSA) is 76.9 Å². The lowest BCUT2D eigenvalue weighted by atomic mass is 10.2. The van der Waals surface area contributed by atoms with Crippen LogP contribution in [0.4, 0.5) is 0 Å². The maximum Gasteiger partial charge on any atom is 0.276 e. The van der Waals surface area contributed by atoms with Crippen molar-refractivity contribution in [1.82, 2.24) is 14.8 Å². The number of aliphatic hydroxyl groups is 1. The van der Waals surface area contributed by atoms with E-state index in [0.717, 1.165) is 19.5 Å². The second-order valence-electron chi connectivity index (χ2n) is 4.58. The van der Waals surface area contributed by atoms with Gasteiger partial charge >= 0.3 is 0 Å². The number of aromatic nitrogens is 1. The van der Waals surface area contributed by atoms with Crippen molar-refractivity contribution >= 4 is 5.91 Å². The van der Waals surface area contributed by atoms with Gasteiger partial charge in [-0.05, 0) is 25.1 Å². The quantitative estimate of drug-likeness (QED) is 0.800. The molecule has 0 radical (unpaired) electrons. The molecule has 1 saturated heterocycles. The van der Waals surface area contributed by atoms with Crippen molar-refractivity contribution in [3.63, 3.8) is 0 Å². The van der Waals surface area contributed by atoms with Crippen molar-refractivity contribution < 1.29 is 15.0 Å². The first-order chi connectivity index (χ1) is 9.22. The number of carbonyl (C=O) groups excluding carboxylic acids is 1. The molecule has 1 amide bonds. The second-order valence-corrected chi connectivity index (χ2v) is 4.58. The summed E-state index contributed by atoms with van der Waals surface area (Å²) in [7, 11) is 0. The molecule has 6 nitrogen and oxygen atoms in total. The maximum atomic E-state index is 12.3. The lowest BCUT2D eigenvalue weighted by Crippen LogP contribution is -2.36. The van der Waals surface area contributed by atoms with Gasteiger partial charge in [-0.1, -0.05) is 0 Å². The highest BCUT2D eigenvalue weighted by atomic mass is 16.3. The third kappa shape index (κ3) is 3.42. The van der Waals surface area contributed by atoms with E-state index in [2.05, 4.69) is 9.88 Å². The van der Waals surface area contributed by atoms with Crippen LogP contribution >= 0.6 is 0 Å². The summed E-state index contributed by atoms with van der Waals surface area (Å²) >= 11 is 0. The van der Waals surface area contributed by atoms with E-state index in [9.17, 15) is 9.90 Å². The molecule has 1 aromatic rings. The third-order valence-corrected chi connectivity index (χ3v) is 3.28. The van der Waals surface area contributed by atoms with Crippen molar-refractivity contribution in [3.8, 4) is 5.75 Å². The number of amides is 1. The summed E-state index contributed by atoms with van der Waals surface area (Å²) in [6.45, 7) is 3.62. The van der Waals surface area contributed by atoms with Crippen molar-refractivity contribution in [2.45, 2.75) is 6.42 Å². The number of pyridine rings is 1. The Kier molecular flexibility index (Phi) is 4.70. The molecular formula is C13H19N3O3. The lowest BCUT2D eigenvalue weighted by Gasteiger charge is -2.21. The van der Waals surface area contributed by atoms with Gasteiger partial charge in [-0.2, -0.15) is 0 Å². The summed E-state index contributed by atoms with van der Waals surface area (Å²) in [4.78, 5) is 20.1. The minimum Gasteiger partial charge on any atom is -0.505 e. The maximum absolute atomic E-state index is 12.3. The highest BCUT2D eigenvalue weighted by molar-refractivity contribution is 5.94. The van der Waals surface area contributed by atoms with E-state index in [1.54, 1.807) is 11.0 Å². The highest BCUT2D eigenvalue weighted by Gasteiger charge is 2.22. The number of hydrogen-bond acceptors (Lipinski definition) is 5. The van der Waals surface area contributed by atoms with E-state index in [1.165, 1.54) is 12.3 Å². The molecule has 0 unspecified atom stereocenters. The average Bonchev–Trinajstić information content (AvgIpc) is 2.65. The van der Waals surface area contributed by atoms with E-state index in [-0.39, 0.29) is 24.0 Å². The van der Waals surface area contributed by atoms with Gasteiger partial charge in [0.2, 0.25) is 0 Å². The van der Waals surface area contributed by atoms with Crippen LogP contribution in [-0.2, 0) is 0 Å². The zero-order valence-electron chi connectivity index (χ0n) is 10.8. The SMILES string of the molecule is O=C(c1ncccc1O)N1CCCN(CCO)CC1. The lowest BCUT2D eigenvalue weighted by molar-refractivity contribution is 0.0751. The van der Waals surface area contributed by atoms with Gasteiger partial charge < -0.3 is 15.1 Å². The predicted molar refractivity (Wildman–Crippen MR) is 69.9 cm³/mol. The molecule has 2 N–H and O–H groups in total. The summed E-state index contributed by atoms with van der Waals surface area (Å²) in [5.74, 6) is -0.312. The van der Waals surface area contributed by atoms with Gasteiger partial charge in [-0.25, -0.2) is 4.98 Å². The molecule has 2 heterocycles. The predicted octanol–water partition coefficient (Wildman–Crippen LogP) is -0.0726. The van der Waals surface area contributed by atoms with Gasteiger partial charge in [0.05, 0.1) is 6.61 Å². The minimum atomic E-state index is -0.232. The van der Waals surface area contributed by atoms with Gasteiger partial charge in [0.15, 0.2) is 5.69 Å². The van der Waals surface area contributed by atoms with Crippen LogP contribution in [0.3, 0.4) is 0 Å². The molecule has 2 rings (SSSR count). The van der Waals surface area contributed by atoms with Crippen LogP contribution in [0.2, 0.25) is 0 Å². The molecule has 104 valence electrons. The number of aromatic hydroxyl groups is 1. The van der Waals surface area contributed by atoms with Crippen LogP contribution in [0.5, 0.6) is 5.75 Å². The minimum absolute atomic E-state index is 0.0797. The first-order valence-corrected chi connectivity index (χ1v) is 6.49. The standard InChI is InChI=1S/C13H19N3O3/c17-10-9-15-5-2-6-16(8-7-15)13(19)12-11(18)3-1-4-14-12/h1,3-4,17-18H,2,5-10H2. The van der Waals surface area contributed by atoms with Crippen LogP contribution in [0, 0.1) is 0 Å². The molecular weight excluding hydrogens is 246 g/mol. The van der Waals surface area contributed by atoms with E-state index in [0.29, 0.717) is 19.6 Å². The average molecular weight is 265 g/mol. The zero-order chi connectivity index (χ0) is 13.7. The van der Waals surface area contributed by atoms with E-state index < -0.39 is 0 Å². The fourth-order valence-electron chi connectivity index (χ4n) is 2.25. The smallest absolute Gasteiger partial charge is 0.276 e. The molecule has 1 aliphatic heterocycles. The van der Waals surface area contributed by atoms with Crippen LogP contribution < -0.4 is 0 Å². The molecule has 0 aromatic carbocycles. The fraction of sp³-hybridized carbons (Fsp3) is 0.538. The number of β-amino-alcohol motifs (C(OH)–C–C–N with tert-alkyl or cyclic N) is 1. The normalized spacial score (nSPS) is 17.2. The Morgan fingerprint density at radius 2 is 2.16 bits per heavy atom. The van der Waals surface area contributed by atoms with Crippen molar-refractivity contribution in [1.29, 1.82) is 0 Å². The number of aliphatic hydroxyl groups excluding tert-OH is 1. The summed E-state index contributed by atoms with van der Waals surface area (Å²) in [5.41, 5.74) is 0.109. The molecule has 0 bridgehead atoms. The van der Waals surface area contributed by atoms with Gasteiger partial charge in [0.25, 0.3) is 5.91 Å². The van der Waals surface area contributed by atoms with E-state index in [1.807, 2.05) is 0 Å². The Morgan fingerprint density at radius 1 is 1.32 bits per heavy atom. The summed E-state index contributed by atoms with van der Waals surface area (Å²) in [6.07, 6.45) is 2.36. The number of carbonyl (C=O) groups is 1. The number of rotatable bonds is 3. The number of hydrogen-bond donors (Lipinski definition) is 2. The molecule has 0 atom stereocenters. The van der Waals surface area contributed by atoms with Gasteiger partial charge in [0, 0.05) is 32.4 Å². The van der Waals surface area contributed by atoms with Gasteiger partial charge in [0.1, 0.15) is 5.75 Å². The largest absolute Gasteiger partial charge is 0.505 e. The Balaban J connectivity index is 2.02. The molecule has 19 heavy (non-hydrogen) atoms. The summed E-state index contributed by atoms with van der Waals surface area (Å²) < 4.78 is 0. The highest BCUT2D eigenvalue weighted by Crippen LogP contribution is 2.16. The van der Waals surface area contributed by atoms with Crippen LogP contribution in [0.1, 0.15) is 16.9 Å². The zero-order valence-corrected chi connectivity index (χ0v) is 10.8. The summed E-state index contributed by atoms with van der Waals surface area (Å²) in [6, 6.07) is 3.06. The molecule has 1 aromatic heterocycles. The van der Waals surface area contributed by atoms with Gasteiger partial charge in [-0.15, -0.1) is 0 Å². The molecule has 0 saturated carbocycles. The van der Waals surface area contributed by atoms with Crippen LogP contribution in [-0.4, -0.2) is 70.2 Å². The van der Waals surface area contributed by atoms with Crippen molar-refractivity contribution in [2.75, 3.05) is 39.3 Å². The van der Waals surface area contributed by atoms with Crippen molar-refractivity contribution in [3.05, 3.63) is 24.0 Å². The fourth-order valence-corrected chi connectivity index (χ4v) is 2.25. The van der Waals surface area contributed by atoms with Crippen LogP contribution in [0.25, 0.3) is 0 Å². The molecule has 6 heteroatoms. The summed E-state index contributed by atoms with van der Waals surface area (Å²) in [5, 5.41) is 18.6. The van der Waals surface area contributed by atoms with E-state index >= 15 is 0 Å². The Bertz CT molecular complexity index is 439. The first-order valence-electron chi connectivity index (χ1n) is 6.49. The molecule has 0 aliphatic carbocycles. The van der Waals surface area contributed by atoms with Crippen molar-refractivity contribution in [2.24, 2.45) is 0 Å². The third-order valence-electron chi connectivity index (χ3n) is 3.28. The second kappa shape index (κ2) is 6.49.